The lowest BCUT2D eigenvalue weighted by molar-refractivity contribution is -0.122. The summed E-state index contributed by atoms with van der Waals surface area (Å²) >= 11 is 8.21. The monoisotopic (exact) mass is 636 g/mol. The van der Waals surface area contributed by atoms with Gasteiger partial charge >= 0.3 is 10.8 Å². The van der Waals surface area contributed by atoms with Crippen molar-refractivity contribution in [3.8, 4) is 11.5 Å². The molecule has 2 amide bonds. The molecule has 6 rings (SSSR count). The molecule has 2 aliphatic rings. The minimum Gasteiger partial charge on any atom is -0.493 e. The van der Waals surface area contributed by atoms with Crippen LogP contribution < -0.4 is 19.2 Å². The number of thiazole rings is 1. The molecule has 1 saturated heterocycles. The second kappa shape index (κ2) is 11.9. The van der Waals surface area contributed by atoms with Crippen molar-refractivity contribution in [2.24, 2.45) is 5.92 Å². The van der Waals surface area contributed by atoms with Crippen LogP contribution in [0.3, 0.4) is 0 Å². The number of amides is 2. The Labute approximate surface area is 259 Å². The number of anilines is 1. The Morgan fingerprint density at radius 2 is 1.72 bits per heavy atom. The predicted molar refractivity (Wildman–Crippen MR) is 164 cm³/mol. The lowest BCUT2D eigenvalue weighted by Crippen LogP contribution is -2.32. The van der Waals surface area contributed by atoms with E-state index in [9.17, 15) is 19.2 Å². The van der Waals surface area contributed by atoms with Gasteiger partial charge in [0.15, 0.2) is 11.5 Å². The molecule has 2 aliphatic heterocycles. The van der Waals surface area contributed by atoms with E-state index in [2.05, 4.69) is 4.98 Å². The zero-order chi connectivity index (χ0) is 30.2. The molecule has 43 heavy (non-hydrogen) atoms. The van der Waals surface area contributed by atoms with E-state index >= 15 is 0 Å². The number of aromatic nitrogens is 1. The van der Waals surface area contributed by atoms with Gasteiger partial charge in [0.05, 0.1) is 35.9 Å². The molecule has 3 aromatic carbocycles. The predicted octanol–water partition coefficient (Wildman–Crippen LogP) is 5.65. The molecular weight excluding hydrogens is 612 g/mol. The number of carbonyl (C=O) groups is 3. The topological polar surface area (TPSA) is 115 Å². The number of esters is 1. The summed E-state index contributed by atoms with van der Waals surface area (Å²) in [6.07, 6.45) is 0. The number of methoxy groups -OCH3 is 1. The molecule has 12 heteroatoms. The minimum atomic E-state index is -0.772. The van der Waals surface area contributed by atoms with E-state index < -0.39 is 23.1 Å². The van der Waals surface area contributed by atoms with Gasteiger partial charge in [0.2, 0.25) is 11.8 Å². The Morgan fingerprint density at radius 1 is 0.977 bits per heavy atom. The summed E-state index contributed by atoms with van der Waals surface area (Å²) < 4.78 is 16.7. The zero-order valence-electron chi connectivity index (χ0n) is 23.0. The minimum absolute atomic E-state index is 0.234. The second-order valence-electron chi connectivity index (χ2n) is 9.85. The van der Waals surface area contributed by atoms with Gasteiger partial charge in [-0.3, -0.25) is 14.4 Å². The van der Waals surface area contributed by atoms with Crippen LogP contribution in [0.1, 0.15) is 39.2 Å². The Morgan fingerprint density at radius 3 is 2.42 bits per heavy atom. The number of halogens is 1. The van der Waals surface area contributed by atoms with Crippen molar-refractivity contribution in [1.29, 1.82) is 0 Å². The maximum Gasteiger partial charge on any atom is 0.338 e. The van der Waals surface area contributed by atoms with Crippen LogP contribution in [0, 0.1) is 5.92 Å². The first kappa shape index (κ1) is 29.0. The van der Waals surface area contributed by atoms with E-state index in [4.69, 9.17) is 25.8 Å². The second-order valence-corrected chi connectivity index (χ2v) is 12.5. The van der Waals surface area contributed by atoms with Gasteiger partial charge in [-0.15, -0.1) is 0 Å². The van der Waals surface area contributed by atoms with Crippen molar-refractivity contribution in [1.82, 2.24) is 4.98 Å². The molecule has 1 aromatic heterocycles. The average molecular weight is 637 g/mol. The van der Waals surface area contributed by atoms with Crippen LogP contribution in [0.25, 0.3) is 0 Å². The first-order valence-corrected chi connectivity index (χ1v) is 15.5. The normalized spacial score (nSPS) is 19.1. The summed E-state index contributed by atoms with van der Waals surface area (Å²) in [5.41, 5.74) is 2.31. The number of nitrogens with one attached hydrogen (secondary N) is 1. The molecule has 0 radical (unpaired) electrons. The fourth-order valence-corrected chi connectivity index (χ4v) is 7.97. The highest BCUT2D eigenvalue weighted by atomic mass is 35.5. The molecule has 0 saturated carbocycles. The highest BCUT2D eigenvalue weighted by Crippen LogP contribution is 2.53. The molecule has 1 fully saturated rings. The summed E-state index contributed by atoms with van der Waals surface area (Å²) in [6.45, 7) is 2.24. The summed E-state index contributed by atoms with van der Waals surface area (Å²) in [6, 6.07) is 18.9. The fraction of sp³-hybridized carbons (Fsp3) is 0.226. The van der Waals surface area contributed by atoms with Crippen molar-refractivity contribution in [3.05, 3.63) is 103 Å². The Kier molecular flexibility index (Phi) is 8.04. The van der Waals surface area contributed by atoms with E-state index in [-0.39, 0.29) is 29.9 Å². The van der Waals surface area contributed by atoms with Gasteiger partial charge in [0.25, 0.3) is 0 Å². The number of nitrogens with zero attached hydrogens (tertiary/aromatic N) is 1. The van der Waals surface area contributed by atoms with Crippen molar-refractivity contribution in [2.45, 2.75) is 29.7 Å². The Hall–Kier alpha value is -4.06. The van der Waals surface area contributed by atoms with Gasteiger partial charge in [0, 0.05) is 15.8 Å². The number of rotatable bonds is 8. The Balaban J connectivity index is 1.33. The summed E-state index contributed by atoms with van der Waals surface area (Å²) in [4.78, 5) is 56.7. The zero-order valence-corrected chi connectivity index (χ0v) is 25.4. The highest BCUT2D eigenvalue weighted by Gasteiger charge is 2.56. The van der Waals surface area contributed by atoms with Gasteiger partial charge in [-0.25, -0.2) is 9.69 Å². The van der Waals surface area contributed by atoms with Gasteiger partial charge in [-0.1, -0.05) is 52.9 Å². The summed E-state index contributed by atoms with van der Waals surface area (Å²) in [5, 5.41) is 0.448. The number of aromatic amines is 1. The number of ether oxygens (including phenoxy) is 3. The molecule has 2 unspecified atom stereocenters. The lowest BCUT2D eigenvalue weighted by atomic mass is 9.83. The molecule has 0 spiro atoms. The standard InChI is InChI=1S/C31H25ClN2O7S2/c1-3-40-30(37)17-6-11-20(12-7-17)34-28(35)24-23(25-27(33-31(38)43-25)42-26(24)29(34)36)18-8-13-21(22(14-18)39-2)41-15-16-4-9-19(32)10-5-16/h4-14,23-24,26H,3,15H2,1-2H3,(H,33,38)/t23-,24?,26?/m1/s1. The number of fused-ring (bicyclic) bond motifs is 2. The third-order valence-corrected chi connectivity index (χ3v) is 9.97. The largest absolute Gasteiger partial charge is 0.493 e. The van der Waals surface area contributed by atoms with Crippen LogP contribution in [0.5, 0.6) is 11.5 Å². The summed E-state index contributed by atoms with van der Waals surface area (Å²) in [5.74, 6) is -1.65. The van der Waals surface area contributed by atoms with Gasteiger partial charge in [0.1, 0.15) is 11.9 Å². The number of carbonyl (C=O) groups excluding carboxylic acids is 3. The molecule has 0 bridgehead atoms. The lowest BCUT2D eigenvalue weighted by Gasteiger charge is -2.30. The Bertz CT molecular complexity index is 1770. The average Bonchev–Trinajstić information content (AvgIpc) is 3.50. The van der Waals surface area contributed by atoms with E-state index in [1.807, 2.05) is 18.2 Å². The van der Waals surface area contributed by atoms with E-state index in [0.29, 0.717) is 43.2 Å². The molecule has 3 heterocycles. The number of H-pyrrole nitrogens is 1. The maximum absolute atomic E-state index is 14.0. The molecule has 3 atom stereocenters. The quantitative estimate of drug-likeness (QED) is 0.195. The third-order valence-electron chi connectivity index (χ3n) is 7.31. The molecule has 220 valence electrons. The number of hydrogen-bond donors (Lipinski definition) is 1. The number of imide groups is 1. The van der Waals surface area contributed by atoms with E-state index in [0.717, 1.165) is 16.9 Å². The third kappa shape index (κ3) is 5.44. The first-order chi connectivity index (χ1) is 20.8. The van der Waals surface area contributed by atoms with Crippen molar-refractivity contribution >= 4 is 58.2 Å². The number of hydrogen-bond acceptors (Lipinski definition) is 9. The van der Waals surface area contributed by atoms with Crippen LogP contribution in [-0.4, -0.2) is 41.7 Å². The molecular formula is C31H25ClN2O7S2. The maximum atomic E-state index is 14.0. The number of benzene rings is 3. The molecule has 1 N–H and O–H groups in total. The van der Waals surface area contributed by atoms with Crippen LogP contribution in [0.4, 0.5) is 5.69 Å². The summed E-state index contributed by atoms with van der Waals surface area (Å²) in [7, 11) is 1.53. The van der Waals surface area contributed by atoms with Crippen LogP contribution in [0.2, 0.25) is 5.02 Å². The van der Waals surface area contributed by atoms with Gasteiger partial charge in [-0.05, 0) is 66.6 Å². The van der Waals surface area contributed by atoms with Crippen molar-refractivity contribution in [3.63, 3.8) is 0 Å². The van der Waals surface area contributed by atoms with Gasteiger partial charge in [-0.2, -0.15) is 0 Å². The van der Waals surface area contributed by atoms with Gasteiger partial charge < -0.3 is 19.2 Å². The first-order valence-electron chi connectivity index (χ1n) is 13.4. The van der Waals surface area contributed by atoms with E-state index in [1.165, 1.54) is 35.9 Å². The van der Waals surface area contributed by atoms with E-state index in [1.54, 1.807) is 43.3 Å². The van der Waals surface area contributed by atoms with Crippen molar-refractivity contribution in [2.75, 3.05) is 18.6 Å². The molecule has 9 nitrogen and oxygen atoms in total. The molecule has 4 aromatic rings. The van der Waals surface area contributed by atoms with Crippen LogP contribution in [0.15, 0.2) is 76.6 Å². The smallest absolute Gasteiger partial charge is 0.338 e. The van der Waals surface area contributed by atoms with Crippen LogP contribution in [-0.2, 0) is 20.9 Å². The SMILES string of the molecule is CCOC(=O)c1ccc(N2C(=O)C3Sc4[nH]c(=O)sc4[C@H](c4ccc(OCc5ccc(Cl)cc5)c(OC)c4)C3C2=O)cc1. The molecule has 0 aliphatic carbocycles. The van der Waals surface area contributed by atoms with Crippen molar-refractivity contribution < 1.29 is 28.6 Å². The number of thioether (sulfide) groups is 1. The highest BCUT2D eigenvalue weighted by molar-refractivity contribution is 8.00. The van der Waals surface area contributed by atoms with Crippen LogP contribution >= 0.6 is 34.7 Å². The fourth-order valence-electron chi connectivity index (χ4n) is 5.33.